The highest BCUT2D eigenvalue weighted by molar-refractivity contribution is 5.78. The number of allylic oxidation sites excluding steroid dienone is 4. The van der Waals surface area contributed by atoms with Crippen LogP contribution in [-0.2, 0) is 4.79 Å². The lowest BCUT2D eigenvalue weighted by atomic mass is 10.1. The zero-order chi connectivity index (χ0) is 12.4. The van der Waals surface area contributed by atoms with Crippen LogP contribution in [-0.4, -0.2) is 5.78 Å². The molecular formula is C15H26O. The maximum Gasteiger partial charge on any atom is 0.133 e. The highest BCUT2D eigenvalue weighted by Gasteiger charge is 1.98. The molecule has 0 unspecified atom stereocenters. The fraction of sp³-hybridized carbons (Fsp3) is 0.667. The minimum absolute atomic E-state index is 0.399. The van der Waals surface area contributed by atoms with Crippen LogP contribution in [0.4, 0.5) is 0 Å². The van der Waals surface area contributed by atoms with Gasteiger partial charge in [0.05, 0.1) is 0 Å². The first-order valence-corrected chi connectivity index (χ1v) is 6.37. The van der Waals surface area contributed by atoms with Crippen molar-refractivity contribution in [2.75, 3.05) is 0 Å². The summed E-state index contributed by atoms with van der Waals surface area (Å²) in [6, 6.07) is 0. The zero-order valence-corrected chi connectivity index (χ0v) is 11.3. The van der Waals surface area contributed by atoms with Gasteiger partial charge in [-0.25, -0.2) is 0 Å². The molecule has 0 aliphatic heterocycles. The largest absolute Gasteiger partial charge is 0.300 e. The van der Waals surface area contributed by atoms with Crippen molar-refractivity contribution in [3.63, 3.8) is 0 Å². The monoisotopic (exact) mass is 222 g/mol. The molecular weight excluding hydrogens is 196 g/mol. The first-order valence-electron chi connectivity index (χ1n) is 6.37. The SMILES string of the molecule is CCCC(=O)CCC=C(C)CCC=C(C)C. The summed E-state index contributed by atoms with van der Waals surface area (Å²) in [6.07, 6.45) is 10.1. The maximum absolute atomic E-state index is 11.3. The van der Waals surface area contributed by atoms with Gasteiger partial charge < -0.3 is 0 Å². The lowest BCUT2D eigenvalue weighted by molar-refractivity contribution is -0.119. The van der Waals surface area contributed by atoms with Crippen molar-refractivity contribution in [3.8, 4) is 0 Å². The first-order chi connectivity index (χ1) is 7.56. The van der Waals surface area contributed by atoms with E-state index in [1.165, 1.54) is 11.1 Å². The molecule has 16 heavy (non-hydrogen) atoms. The molecule has 0 fully saturated rings. The van der Waals surface area contributed by atoms with Gasteiger partial charge in [-0.2, -0.15) is 0 Å². The molecule has 1 nitrogen and oxygen atoms in total. The molecule has 0 aromatic rings. The second-order valence-corrected chi connectivity index (χ2v) is 4.70. The van der Waals surface area contributed by atoms with Crippen LogP contribution in [0.5, 0.6) is 0 Å². The smallest absolute Gasteiger partial charge is 0.133 e. The molecule has 92 valence electrons. The fourth-order valence-corrected chi connectivity index (χ4v) is 1.57. The second kappa shape index (κ2) is 9.38. The molecule has 0 N–H and O–H groups in total. The summed E-state index contributed by atoms with van der Waals surface area (Å²) in [5.41, 5.74) is 2.78. The molecule has 0 amide bonds. The average molecular weight is 222 g/mol. The predicted octanol–water partition coefficient (Wildman–Crippen LogP) is 4.83. The summed E-state index contributed by atoms with van der Waals surface area (Å²) in [7, 11) is 0. The molecule has 0 saturated heterocycles. The van der Waals surface area contributed by atoms with E-state index in [-0.39, 0.29) is 0 Å². The van der Waals surface area contributed by atoms with Crippen LogP contribution < -0.4 is 0 Å². The van der Waals surface area contributed by atoms with Gasteiger partial charge in [-0.15, -0.1) is 0 Å². The van der Waals surface area contributed by atoms with Crippen molar-refractivity contribution in [2.24, 2.45) is 0 Å². The first kappa shape index (κ1) is 15.2. The predicted molar refractivity (Wildman–Crippen MR) is 71.6 cm³/mol. The Morgan fingerprint density at radius 3 is 2.12 bits per heavy atom. The summed E-state index contributed by atoms with van der Waals surface area (Å²) in [6.45, 7) is 8.46. The van der Waals surface area contributed by atoms with Crippen molar-refractivity contribution in [2.45, 2.75) is 66.2 Å². The minimum Gasteiger partial charge on any atom is -0.300 e. The average Bonchev–Trinajstić information content (AvgIpc) is 2.17. The Bertz CT molecular complexity index is 255. The van der Waals surface area contributed by atoms with Gasteiger partial charge in [0, 0.05) is 12.8 Å². The van der Waals surface area contributed by atoms with Gasteiger partial charge in [0.15, 0.2) is 0 Å². The highest BCUT2D eigenvalue weighted by Crippen LogP contribution is 2.09. The van der Waals surface area contributed by atoms with Crippen LogP contribution in [0.1, 0.15) is 66.2 Å². The lowest BCUT2D eigenvalue weighted by Gasteiger charge is -1.99. The van der Waals surface area contributed by atoms with E-state index in [1.54, 1.807) is 0 Å². The van der Waals surface area contributed by atoms with Gasteiger partial charge in [-0.1, -0.05) is 30.2 Å². The fourth-order valence-electron chi connectivity index (χ4n) is 1.57. The van der Waals surface area contributed by atoms with Crippen LogP contribution in [0, 0.1) is 0 Å². The Balaban J connectivity index is 3.70. The van der Waals surface area contributed by atoms with Crippen molar-refractivity contribution in [1.82, 2.24) is 0 Å². The summed E-state index contributed by atoms with van der Waals surface area (Å²) in [5.74, 6) is 0.399. The van der Waals surface area contributed by atoms with E-state index in [0.717, 1.165) is 32.1 Å². The third-order valence-corrected chi connectivity index (χ3v) is 2.54. The van der Waals surface area contributed by atoms with Gasteiger partial charge in [0.25, 0.3) is 0 Å². The number of carbonyl (C=O) groups is 1. The molecule has 0 aliphatic rings. The topological polar surface area (TPSA) is 17.1 Å². The van der Waals surface area contributed by atoms with Crippen molar-refractivity contribution in [3.05, 3.63) is 23.3 Å². The van der Waals surface area contributed by atoms with Crippen LogP contribution in [0.3, 0.4) is 0 Å². The molecule has 0 spiro atoms. The number of rotatable bonds is 8. The standard InChI is InChI=1S/C15H26O/c1-5-8-15(16)12-7-11-14(4)10-6-9-13(2)3/h9,11H,5-8,10,12H2,1-4H3. The van der Waals surface area contributed by atoms with E-state index in [9.17, 15) is 4.79 Å². The quantitative estimate of drug-likeness (QED) is 0.538. The van der Waals surface area contributed by atoms with E-state index in [1.807, 2.05) is 0 Å². The summed E-state index contributed by atoms with van der Waals surface area (Å²) in [4.78, 5) is 11.3. The summed E-state index contributed by atoms with van der Waals surface area (Å²) < 4.78 is 0. The Morgan fingerprint density at radius 2 is 1.56 bits per heavy atom. The van der Waals surface area contributed by atoms with Crippen LogP contribution in [0.25, 0.3) is 0 Å². The number of hydrogen-bond acceptors (Lipinski definition) is 1. The van der Waals surface area contributed by atoms with E-state index >= 15 is 0 Å². The van der Waals surface area contributed by atoms with E-state index in [0.29, 0.717) is 12.2 Å². The normalized spacial score (nSPS) is 11.4. The van der Waals surface area contributed by atoms with E-state index in [4.69, 9.17) is 0 Å². The molecule has 1 heteroatoms. The number of ketones is 1. The van der Waals surface area contributed by atoms with Gasteiger partial charge >= 0.3 is 0 Å². The molecule has 0 heterocycles. The van der Waals surface area contributed by atoms with E-state index in [2.05, 4.69) is 39.8 Å². The molecule has 0 bridgehead atoms. The molecule has 0 radical (unpaired) electrons. The van der Waals surface area contributed by atoms with Gasteiger partial charge in [0.2, 0.25) is 0 Å². The van der Waals surface area contributed by atoms with Crippen LogP contribution in [0.2, 0.25) is 0 Å². The van der Waals surface area contributed by atoms with Crippen molar-refractivity contribution in [1.29, 1.82) is 0 Å². The summed E-state index contributed by atoms with van der Waals surface area (Å²) >= 11 is 0. The van der Waals surface area contributed by atoms with Crippen molar-refractivity contribution < 1.29 is 4.79 Å². The molecule has 0 aromatic heterocycles. The third kappa shape index (κ3) is 9.70. The Labute approximate surface area is 101 Å². The van der Waals surface area contributed by atoms with E-state index < -0.39 is 0 Å². The molecule has 0 aliphatic carbocycles. The number of carbonyl (C=O) groups excluding carboxylic acids is 1. The summed E-state index contributed by atoms with van der Waals surface area (Å²) in [5, 5.41) is 0. The number of Topliss-reactive ketones (excluding diaryl/α,β-unsaturated/α-hetero) is 1. The lowest BCUT2D eigenvalue weighted by Crippen LogP contribution is -1.95. The highest BCUT2D eigenvalue weighted by atomic mass is 16.1. The van der Waals surface area contributed by atoms with Crippen molar-refractivity contribution >= 4 is 5.78 Å². The van der Waals surface area contributed by atoms with Gasteiger partial charge in [-0.05, 0) is 46.5 Å². The van der Waals surface area contributed by atoms with Crippen LogP contribution in [0.15, 0.2) is 23.3 Å². The van der Waals surface area contributed by atoms with Gasteiger partial charge in [0.1, 0.15) is 5.78 Å². The molecule has 0 atom stereocenters. The Kier molecular flexibility index (Phi) is 8.88. The maximum atomic E-state index is 11.3. The molecule has 0 rings (SSSR count). The molecule has 0 saturated carbocycles. The third-order valence-electron chi connectivity index (χ3n) is 2.54. The minimum atomic E-state index is 0.399. The Morgan fingerprint density at radius 1 is 0.938 bits per heavy atom. The second-order valence-electron chi connectivity index (χ2n) is 4.70. The van der Waals surface area contributed by atoms with Crippen LogP contribution >= 0.6 is 0 Å². The Hall–Kier alpha value is -0.850. The number of hydrogen-bond donors (Lipinski definition) is 0. The molecule has 0 aromatic carbocycles. The zero-order valence-electron chi connectivity index (χ0n) is 11.3. The van der Waals surface area contributed by atoms with Gasteiger partial charge in [-0.3, -0.25) is 4.79 Å².